The summed E-state index contributed by atoms with van der Waals surface area (Å²) in [5, 5.41) is 8.85. The monoisotopic (exact) mass is 367 g/mol. The van der Waals surface area contributed by atoms with Gasteiger partial charge in [0.25, 0.3) is 0 Å². The fraction of sp³-hybridized carbons (Fsp3) is 0.524. The van der Waals surface area contributed by atoms with E-state index in [9.17, 15) is 4.79 Å². The average Bonchev–Trinajstić information content (AvgIpc) is 3.06. The van der Waals surface area contributed by atoms with E-state index in [0.717, 1.165) is 31.1 Å². The summed E-state index contributed by atoms with van der Waals surface area (Å²) in [5.41, 5.74) is 2.97. The van der Waals surface area contributed by atoms with Crippen LogP contribution in [0.2, 0.25) is 0 Å². The summed E-state index contributed by atoms with van der Waals surface area (Å²) in [6.07, 6.45) is 8.95. The van der Waals surface area contributed by atoms with Gasteiger partial charge < -0.3 is 5.32 Å². The fourth-order valence-electron chi connectivity index (χ4n) is 6.31. The van der Waals surface area contributed by atoms with Crippen LogP contribution in [0.15, 0.2) is 35.8 Å². The van der Waals surface area contributed by atoms with Crippen molar-refractivity contribution < 1.29 is 4.79 Å². The Labute approximate surface area is 158 Å². The second-order valence-electron chi connectivity index (χ2n) is 8.80. The van der Waals surface area contributed by atoms with Crippen LogP contribution in [0, 0.1) is 18.8 Å². The highest BCUT2D eigenvalue weighted by molar-refractivity contribution is 7.13. The van der Waals surface area contributed by atoms with Crippen LogP contribution < -0.4 is 10.6 Å². The van der Waals surface area contributed by atoms with E-state index >= 15 is 0 Å². The van der Waals surface area contributed by atoms with Crippen molar-refractivity contribution in [2.24, 2.45) is 11.8 Å². The number of carbonyl (C=O) groups excluding carboxylic acids is 1. The minimum absolute atomic E-state index is 0.0592. The number of amides is 2. The van der Waals surface area contributed by atoms with Gasteiger partial charge in [0.15, 0.2) is 5.13 Å². The Hall–Kier alpha value is -1.88. The lowest BCUT2D eigenvalue weighted by molar-refractivity contribution is -0.0343. The lowest BCUT2D eigenvalue weighted by Crippen LogP contribution is -2.64. The first-order valence-electron chi connectivity index (χ1n) is 9.60. The van der Waals surface area contributed by atoms with Crippen molar-refractivity contribution in [1.29, 1.82) is 0 Å². The normalized spacial score (nSPS) is 34.7. The smallest absolute Gasteiger partial charge is 0.321 e. The SMILES string of the molecule is Cc1ccc(C23CC4CC(CC(NC(=O)Nc5nccs5)(C4)C2)C3)cc1. The second kappa shape index (κ2) is 5.81. The first-order valence-corrected chi connectivity index (χ1v) is 10.5. The van der Waals surface area contributed by atoms with Gasteiger partial charge in [0, 0.05) is 17.1 Å². The Kier molecular flexibility index (Phi) is 3.64. The molecule has 6 rings (SSSR count). The van der Waals surface area contributed by atoms with E-state index in [1.54, 1.807) is 6.20 Å². The predicted octanol–water partition coefficient (Wildman–Crippen LogP) is 4.86. The Morgan fingerprint density at radius 3 is 2.54 bits per heavy atom. The van der Waals surface area contributed by atoms with Crippen molar-refractivity contribution in [2.45, 2.75) is 56.4 Å². The van der Waals surface area contributed by atoms with Gasteiger partial charge in [0.1, 0.15) is 0 Å². The van der Waals surface area contributed by atoms with Crippen molar-refractivity contribution in [3.05, 3.63) is 47.0 Å². The standard InChI is InChI=1S/C21H25N3OS/c1-14-2-4-17(5-3-14)20-9-15-8-16(10-20)12-21(11-15,13-20)24-18(25)23-19-22-6-7-26-19/h2-7,15-16H,8-13H2,1H3,(H2,22,23,24,25). The zero-order valence-electron chi connectivity index (χ0n) is 15.1. The number of thiazole rings is 1. The molecular formula is C21H25N3OS. The maximum atomic E-state index is 12.6. The number of rotatable bonds is 3. The van der Waals surface area contributed by atoms with E-state index in [0.29, 0.717) is 5.13 Å². The lowest BCUT2D eigenvalue weighted by atomic mass is 9.45. The molecule has 26 heavy (non-hydrogen) atoms. The molecule has 4 saturated carbocycles. The maximum absolute atomic E-state index is 12.6. The molecule has 0 saturated heterocycles. The van der Waals surface area contributed by atoms with Gasteiger partial charge in [-0.2, -0.15) is 0 Å². The molecule has 2 atom stereocenters. The third kappa shape index (κ3) is 2.73. The Morgan fingerprint density at radius 1 is 1.15 bits per heavy atom. The number of urea groups is 1. The van der Waals surface area contributed by atoms with Gasteiger partial charge >= 0.3 is 6.03 Å². The fourth-order valence-corrected chi connectivity index (χ4v) is 6.83. The van der Waals surface area contributed by atoms with Gasteiger partial charge in [-0.25, -0.2) is 9.78 Å². The molecule has 2 aromatic rings. The number of nitrogens with zero attached hydrogens (tertiary/aromatic N) is 1. The molecule has 5 heteroatoms. The van der Waals surface area contributed by atoms with E-state index < -0.39 is 0 Å². The molecule has 4 nitrogen and oxygen atoms in total. The van der Waals surface area contributed by atoms with Crippen molar-refractivity contribution in [3.63, 3.8) is 0 Å². The summed E-state index contributed by atoms with van der Waals surface area (Å²) in [7, 11) is 0. The highest BCUT2D eigenvalue weighted by Gasteiger charge is 2.58. The first kappa shape index (κ1) is 16.3. The number of aromatic nitrogens is 1. The van der Waals surface area contributed by atoms with Gasteiger partial charge in [-0.15, -0.1) is 11.3 Å². The molecule has 4 bridgehead atoms. The lowest BCUT2D eigenvalue weighted by Gasteiger charge is -2.62. The first-order chi connectivity index (χ1) is 12.5. The van der Waals surface area contributed by atoms with Crippen LogP contribution in [0.5, 0.6) is 0 Å². The summed E-state index contributed by atoms with van der Waals surface area (Å²) in [5.74, 6) is 1.47. The third-order valence-electron chi connectivity index (χ3n) is 6.76. The average molecular weight is 368 g/mol. The molecule has 2 unspecified atom stereocenters. The minimum atomic E-state index is -0.0963. The van der Waals surface area contributed by atoms with Crippen LogP contribution in [-0.4, -0.2) is 16.6 Å². The van der Waals surface area contributed by atoms with E-state index in [1.165, 1.54) is 41.7 Å². The Bertz CT molecular complexity index is 800. The molecule has 4 aliphatic rings. The van der Waals surface area contributed by atoms with Crippen molar-refractivity contribution >= 4 is 22.5 Å². The zero-order chi connectivity index (χ0) is 17.8. The van der Waals surface area contributed by atoms with Crippen LogP contribution >= 0.6 is 11.3 Å². The molecule has 0 aliphatic heterocycles. The summed E-state index contributed by atoms with van der Waals surface area (Å²) in [4.78, 5) is 16.8. The highest BCUT2D eigenvalue weighted by atomic mass is 32.1. The minimum Gasteiger partial charge on any atom is -0.332 e. The molecule has 136 valence electrons. The van der Waals surface area contributed by atoms with Crippen molar-refractivity contribution in [2.75, 3.05) is 5.32 Å². The number of hydrogen-bond donors (Lipinski definition) is 2. The Balaban J connectivity index is 1.41. The number of carbonyl (C=O) groups is 1. The number of anilines is 1. The van der Waals surface area contributed by atoms with Gasteiger partial charge in [-0.05, 0) is 68.3 Å². The van der Waals surface area contributed by atoms with Gasteiger partial charge in [-0.3, -0.25) is 5.32 Å². The van der Waals surface area contributed by atoms with Gasteiger partial charge in [0.05, 0.1) is 0 Å². The molecular weight excluding hydrogens is 342 g/mol. The molecule has 0 radical (unpaired) electrons. The summed E-state index contributed by atoms with van der Waals surface area (Å²) in [6, 6.07) is 9.03. The number of hydrogen-bond acceptors (Lipinski definition) is 3. The van der Waals surface area contributed by atoms with Crippen LogP contribution in [0.1, 0.15) is 49.7 Å². The molecule has 4 aliphatic carbocycles. The van der Waals surface area contributed by atoms with E-state index in [-0.39, 0.29) is 17.0 Å². The van der Waals surface area contributed by atoms with E-state index in [4.69, 9.17) is 0 Å². The molecule has 1 aromatic heterocycles. The van der Waals surface area contributed by atoms with Crippen molar-refractivity contribution in [3.8, 4) is 0 Å². The number of benzene rings is 1. The Morgan fingerprint density at radius 2 is 1.88 bits per heavy atom. The number of aryl methyl sites for hydroxylation is 1. The molecule has 1 heterocycles. The predicted molar refractivity (Wildman–Crippen MR) is 105 cm³/mol. The summed E-state index contributed by atoms with van der Waals surface area (Å²) < 4.78 is 0. The quantitative estimate of drug-likeness (QED) is 0.814. The van der Waals surface area contributed by atoms with Gasteiger partial charge in [-0.1, -0.05) is 29.8 Å². The zero-order valence-corrected chi connectivity index (χ0v) is 15.9. The molecule has 2 amide bonds. The summed E-state index contributed by atoms with van der Waals surface area (Å²) >= 11 is 1.46. The molecule has 2 N–H and O–H groups in total. The van der Waals surface area contributed by atoms with Gasteiger partial charge in [0.2, 0.25) is 0 Å². The van der Waals surface area contributed by atoms with E-state index in [1.807, 2.05) is 5.38 Å². The van der Waals surface area contributed by atoms with Crippen molar-refractivity contribution in [1.82, 2.24) is 10.3 Å². The number of nitrogens with one attached hydrogen (secondary N) is 2. The summed E-state index contributed by atoms with van der Waals surface area (Å²) in [6.45, 7) is 2.15. The molecule has 1 aromatic carbocycles. The van der Waals surface area contributed by atoms with Crippen LogP contribution in [0.25, 0.3) is 0 Å². The third-order valence-corrected chi connectivity index (χ3v) is 7.45. The molecule has 0 spiro atoms. The van der Waals surface area contributed by atoms with Crippen LogP contribution in [0.4, 0.5) is 9.93 Å². The van der Waals surface area contributed by atoms with E-state index in [2.05, 4.69) is 46.8 Å². The maximum Gasteiger partial charge on any atom is 0.321 e. The molecule has 4 fully saturated rings. The van der Waals surface area contributed by atoms with Crippen LogP contribution in [0.3, 0.4) is 0 Å². The largest absolute Gasteiger partial charge is 0.332 e. The topological polar surface area (TPSA) is 54.0 Å². The van der Waals surface area contributed by atoms with Crippen LogP contribution in [-0.2, 0) is 5.41 Å². The highest BCUT2D eigenvalue weighted by Crippen LogP contribution is 2.62. The second-order valence-corrected chi connectivity index (χ2v) is 9.70.